The molecule has 5 aromatic rings. The topological polar surface area (TPSA) is 49.2 Å². The van der Waals surface area contributed by atoms with Gasteiger partial charge in [0.1, 0.15) is 11.1 Å². The molecule has 2 aromatic heterocycles. The molecule has 1 saturated heterocycles. The minimum atomic E-state index is -0.837. The van der Waals surface area contributed by atoms with Crippen LogP contribution < -0.4 is 5.46 Å². The third-order valence-electron chi connectivity index (χ3n) is 7.94. The van der Waals surface area contributed by atoms with Crippen molar-refractivity contribution in [2.75, 3.05) is 0 Å². The highest BCUT2D eigenvalue weighted by molar-refractivity contribution is 6.65. The van der Waals surface area contributed by atoms with E-state index in [0.717, 1.165) is 16.7 Å². The van der Waals surface area contributed by atoms with Crippen LogP contribution in [0.25, 0.3) is 11.2 Å². The van der Waals surface area contributed by atoms with Crippen LogP contribution in [-0.4, -0.2) is 32.9 Å². The number of nitrogens with zero attached hydrogens (tertiary/aromatic N) is 3. The quantitative estimate of drug-likeness (QED) is 0.227. The minimum Gasteiger partial charge on any atom is -0.399 e. The number of aromatic nitrogens is 3. The molecule has 6 rings (SSSR count). The average Bonchev–Trinajstić information content (AvgIpc) is 3.39. The molecular weight excluding hydrogens is 476 g/mol. The Balaban J connectivity index is 1.72. The van der Waals surface area contributed by atoms with E-state index in [1.807, 2.05) is 88.5 Å². The van der Waals surface area contributed by atoms with E-state index >= 15 is 0 Å². The summed E-state index contributed by atoms with van der Waals surface area (Å²) in [6.45, 7) is 8.00. The molecular formula is C31H29BFN3O2. The Morgan fingerprint density at radius 1 is 0.737 bits per heavy atom. The van der Waals surface area contributed by atoms with Crippen LogP contribution in [0.4, 0.5) is 4.39 Å². The van der Waals surface area contributed by atoms with Crippen LogP contribution in [0.15, 0.2) is 103 Å². The van der Waals surface area contributed by atoms with E-state index in [9.17, 15) is 4.39 Å². The predicted octanol–water partition coefficient (Wildman–Crippen LogP) is 5.71. The van der Waals surface area contributed by atoms with Crippen molar-refractivity contribution in [2.45, 2.75) is 44.4 Å². The Bertz CT molecular complexity index is 1470. The van der Waals surface area contributed by atoms with Gasteiger partial charge in [-0.3, -0.25) is 0 Å². The Morgan fingerprint density at radius 2 is 1.18 bits per heavy atom. The first-order valence-electron chi connectivity index (χ1n) is 12.8. The van der Waals surface area contributed by atoms with E-state index in [4.69, 9.17) is 9.31 Å². The lowest BCUT2D eigenvalue weighted by molar-refractivity contribution is 0.00578. The Morgan fingerprint density at radius 3 is 1.63 bits per heavy atom. The molecule has 3 heterocycles. The van der Waals surface area contributed by atoms with Gasteiger partial charge in [0, 0.05) is 11.7 Å². The van der Waals surface area contributed by atoms with Crippen LogP contribution >= 0.6 is 0 Å². The van der Waals surface area contributed by atoms with Gasteiger partial charge in [-0.25, -0.2) is 9.97 Å². The summed E-state index contributed by atoms with van der Waals surface area (Å²) in [5.74, 6) is -0.655. The van der Waals surface area contributed by atoms with Crippen LogP contribution in [0.5, 0.6) is 0 Å². The first-order valence-corrected chi connectivity index (χ1v) is 12.8. The van der Waals surface area contributed by atoms with Gasteiger partial charge >= 0.3 is 7.12 Å². The molecule has 1 fully saturated rings. The lowest BCUT2D eigenvalue weighted by Gasteiger charge is -2.38. The molecule has 0 spiro atoms. The lowest BCUT2D eigenvalue weighted by atomic mass is 9.76. The summed E-state index contributed by atoms with van der Waals surface area (Å²) in [4.78, 5) is 8.92. The summed E-state index contributed by atoms with van der Waals surface area (Å²) in [6, 6.07) is 30.8. The van der Waals surface area contributed by atoms with Gasteiger partial charge in [-0.15, -0.1) is 0 Å². The molecule has 0 atom stereocenters. The molecule has 0 saturated carbocycles. The number of rotatable bonds is 5. The van der Waals surface area contributed by atoms with Crippen molar-refractivity contribution in [1.29, 1.82) is 0 Å². The Labute approximate surface area is 222 Å². The second kappa shape index (κ2) is 8.89. The van der Waals surface area contributed by atoms with Crippen molar-refractivity contribution < 1.29 is 13.7 Å². The summed E-state index contributed by atoms with van der Waals surface area (Å²) >= 11 is 0. The highest BCUT2D eigenvalue weighted by Crippen LogP contribution is 2.43. The third kappa shape index (κ3) is 3.69. The summed E-state index contributed by atoms with van der Waals surface area (Å²) in [5.41, 5.74) is 2.70. The van der Waals surface area contributed by atoms with E-state index in [1.165, 1.54) is 6.20 Å². The molecule has 7 heteroatoms. The van der Waals surface area contributed by atoms with Crippen molar-refractivity contribution in [3.8, 4) is 0 Å². The zero-order valence-electron chi connectivity index (χ0n) is 21.9. The summed E-state index contributed by atoms with van der Waals surface area (Å²) < 4.78 is 29.5. The molecule has 5 nitrogen and oxygen atoms in total. The standard InChI is InChI=1S/C31H29BFN3O2/c1-29(2)30(3,4)38-32(37-29)25-21-36(28-27(25)35-26(33)20-34-28)31(22-14-8-5-9-15-22,23-16-10-6-11-17-23)24-18-12-7-13-19-24/h5-21H,1-4H3. The van der Waals surface area contributed by atoms with E-state index in [-0.39, 0.29) is 0 Å². The van der Waals surface area contributed by atoms with Gasteiger partial charge in [-0.1, -0.05) is 91.0 Å². The van der Waals surface area contributed by atoms with Crippen LogP contribution in [0.3, 0.4) is 0 Å². The molecule has 38 heavy (non-hydrogen) atoms. The van der Waals surface area contributed by atoms with E-state index < -0.39 is 29.8 Å². The molecule has 3 aromatic carbocycles. The zero-order chi connectivity index (χ0) is 26.5. The van der Waals surface area contributed by atoms with Gasteiger partial charge in [0.2, 0.25) is 5.95 Å². The Kier molecular flexibility index (Phi) is 5.74. The van der Waals surface area contributed by atoms with E-state index in [1.54, 1.807) is 0 Å². The lowest BCUT2D eigenvalue weighted by Crippen LogP contribution is -2.41. The van der Waals surface area contributed by atoms with Gasteiger partial charge in [0.25, 0.3) is 0 Å². The fourth-order valence-corrected chi connectivity index (χ4v) is 5.35. The number of fused-ring (bicyclic) bond motifs is 1. The summed E-state index contributed by atoms with van der Waals surface area (Å²) in [6.07, 6.45) is 3.14. The van der Waals surface area contributed by atoms with E-state index in [2.05, 4.69) is 50.9 Å². The Hall–Kier alpha value is -3.81. The smallest absolute Gasteiger partial charge is 0.399 e. The highest BCUT2D eigenvalue weighted by atomic mass is 19.1. The molecule has 0 bridgehead atoms. The van der Waals surface area contributed by atoms with Crippen molar-refractivity contribution in [2.24, 2.45) is 0 Å². The average molecular weight is 505 g/mol. The van der Waals surface area contributed by atoms with Gasteiger partial charge in [0.15, 0.2) is 5.65 Å². The molecule has 0 unspecified atom stereocenters. The highest BCUT2D eigenvalue weighted by Gasteiger charge is 2.53. The largest absolute Gasteiger partial charge is 0.498 e. The number of hydrogen-bond acceptors (Lipinski definition) is 4. The monoisotopic (exact) mass is 505 g/mol. The molecule has 1 aliphatic heterocycles. The summed E-state index contributed by atoms with van der Waals surface area (Å²) in [5, 5.41) is 0. The summed E-state index contributed by atoms with van der Waals surface area (Å²) in [7, 11) is -0.736. The molecule has 0 amide bonds. The number of hydrogen-bond donors (Lipinski definition) is 0. The first kappa shape index (κ1) is 24.5. The number of benzene rings is 3. The van der Waals surface area contributed by atoms with Gasteiger partial charge in [0.05, 0.1) is 17.4 Å². The third-order valence-corrected chi connectivity index (χ3v) is 7.94. The second-order valence-electron chi connectivity index (χ2n) is 10.7. The molecule has 0 N–H and O–H groups in total. The maximum atomic E-state index is 14.6. The van der Waals surface area contributed by atoms with Crippen molar-refractivity contribution in [3.63, 3.8) is 0 Å². The van der Waals surface area contributed by atoms with Crippen molar-refractivity contribution in [3.05, 3.63) is 126 Å². The van der Waals surface area contributed by atoms with Crippen LogP contribution in [-0.2, 0) is 14.8 Å². The van der Waals surface area contributed by atoms with Gasteiger partial charge in [-0.05, 0) is 44.4 Å². The van der Waals surface area contributed by atoms with Crippen molar-refractivity contribution >= 4 is 23.7 Å². The molecule has 0 radical (unpaired) electrons. The fourth-order valence-electron chi connectivity index (χ4n) is 5.35. The second-order valence-corrected chi connectivity index (χ2v) is 10.7. The number of halogens is 1. The minimum absolute atomic E-state index is 0.413. The first-order chi connectivity index (χ1) is 18.2. The van der Waals surface area contributed by atoms with E-state index in [0.29, 0.717) is 16.6 Å². The SMILES string of the molecule is CC1(C)OB(c2cn(C(c3ccccc3)(c3ccccc3)c3ccccc3)c3ncc(F)nc23)OC1(C)C. The fraction of sp³-hybridized carbons (Fsp3) is 0.226. The van der Waals surface area contributed by atoms with Crippen LogP contribution in [0.1, 0.15) is 44.4 Å². The molecule has 1 aliphatic rings. The predicted molar refractivity (Wildman–Crippen MR) is 148 cm³/mol. The van der Waals surface area contributed by atoms with Crippen LogP contribution in [0.2, 0.25) is 0 Å². The molecule has 0 aliphatic carbocycles. The zero-order valence-corrected chi connectivity index (χ0v) is 21.9. The van der Waals surface area contributed by atoms with Crippen LogP contribution in [0, 0.1) is 5.95 Å². The van der Waals surface area contributed by atoms with Crippen molar-refractivity contribution in [1.82, 2.24) is 14.5 Å². The molecule has 190 valence electrons. The maximum absolute atomic E-state index is 14.6. The van der Waals surface area contributed by atoms with Gasteiger partial charge < -0.3 is 13.9 Å². The normalized spacial score (nSPS) is 16.7. The van der Waals surface area contributed by atoms with Gasteiger partial charge in [-0.2, -0.15) is 4.39 Å². The maximum Gasteiger partial charge on any atom is 0.498 e.